The summed E-state index contributed by atoms with van der Waals surface area (Å²) in [6, 6.07) is 0.640. The molecule has 0 aromatic carbocycles. The maximum Gasteiger partial charge on any atom is 0.333 e. The number of aromatic nitrogens is 2. The first-order valence-corrected chi connectivity index (χ1v) is 10.7. The molecule has 0 saturated heterocycles. The molecule has 1 fully saturated rings. The van der Waals surface area contributed by atoms with Gasteiger partial charge in [0.25, 0.3) is 10.0 Å². The molecule has 1 aromatic rings. The Morgan fingerprint density at radius 2 is 2.00 bits per heavy atom. The van der Waals surface area contributed by atoms with Gasteiger partial charge >= 0.3 is 6.03 Å². The summed E-state index contributed by atoms with van der Waals surface area (Å²) >= 11 is 0. The summed E-state index contributed by atoms with van der Waals surface area (Å²) in [4.78, 5) is 12.5. The van der Waals surface area contributed by atoms with E-state index in [9.17, 15) is 13.2 Å². The number of carbonyl (C=O) groups excluding carboxylic acids is 1. The monoisotopic (exact) mass is 390 g/mol. The Kier molecular flexibility index (Phi) is 5.55. The number of aryl methyl sites for hydroxylation is 2. The fourth-order valence-corrected chi connectivity index (χ4v) is 4.47. The number of nitrogens with zero attached hydrogens (tertiary/aromatic N) is 2. The van der Waals surface area contributed by atoms with Gasteiger partial charge in [-0.15, -0.1) is 0 Å². The molecule has 7 nitrogen and oxygen atoms in total. The minimum atomic E-state index is -4.04. The summed E-state index contributed by atoms with van der Waals surface area (Å²) in [6.45, 7) is 5.87. The predicted molar refractivity (Wildman–Crippen MR) is 103 cm³/mol. The number of sulfonamides is 1. The maximum atomic E-state index is 12.5. The van der Waals surface area contributed by atoms with Gasteiger partial charge in [-0.3, -0.25) is 4.68 Å². The van der Waals surface area contributed by atoms with Gasteiger partial charge in [-0.25, -0.2) is 9.52 Å². The third-order valence-corrected chi connectivity index (χ3v) is 6.28. The normalized spacial score (nSPS) is 22.9. The van der Waals surface area contributed by atoms with Gasteiger partial charge in [-0.1, -0.05) is 12.7 Å². The van der Waals surface area contributed by atoms with E-state index in [0.717, 1.165) is 56.1 Å². The van der Waals surface area contributed by atoms with Gasteiger partial charge in [0.1, 0.15) is 0 Å². The van der Waals surface area contributed by atoms with Crippen LogP contribution in [0.1, 0.15) is 50.6 Å². The number of fused-ring (bicyclic) bond motifs is 1. The topological polar surface area (TPSA) is 93.1 Å². The lowest BCUT2D eigenvalue weighted by Crippen LogP contribution is -2.39. The summed E-state index contributed by atoms with van der Waals surface area (Å²) in [7, 11) is -2.39. The summed E-state index contributed by atoms with van der Waals surface area (Å²) in [6.07, 6.45) is 9.02. The van der Waals surface area contributed by atoms with Crippen molar-refractivity contribution in [3.05, 3.63) is 46.8 Å². The molecular weight excluding hydrogens is 364 g/mol. The summed E-state index contributed by atoms with van der Waals surface area (Å²) < 4.78 is 28.4. The number of rotatable bonds is 3. The Hall–Kier alpha value is -2.35. The molecule has 2 amide bonds. The van der Waals surface area contributed by atoms with E-state index in [1.807, 2.05) is 0 Å². The van der Waals surface area contributed by atoms with E-state index in [-0.39, 0.29) is 5.03 Å². The molecule has 3 rings (SSSR count). The van der Waals surface area contributed by atoms with Crippen LogP contribution in [0.25, 0.3) is 0 Å². The van der Waals surface area contributed by atoms with Crippen molar-refractivity contribution < 1.29 is 13.2 Å². The van der Waals surface area contributed by atoms with E-state index >= 15 is 0 Å². The van der Waals surface area contributed by atoms with Crippen LogP contribution in [0, 0.1) is 6.92 Å². The highest BCUT2D eigenvalue weighted by molar-refractivity contribution is 7.90. The number of nitrogens with one attached hydrogen (secondary N) is 2. The molecule has 2 N–H and O–H groups in total. The van der Waals surface area contributed by atoms with E-state index in [1.165, 1.54) is 16.3 Å². The lowest BCUT2D eigenvalue weighted by molar-refractivity contribution is 0.248. The van der Waals surface area contributed by atoms with E-state index in [0.29, 0.717) is 11.4 Å². The molecule has 0 bridgehead atoms. The first kappa shape index (κ1) is 19.4. The highest BCUT2D eigenvalue weighted by Gasteiger charge is 2.25. The van der Waals surface area contributed by atoms with Crippen molar-refractivity contribution in [3.63, 3.8) is 0 Å². The first-order valence-electron chi connectivity index (χ1n) is 9.23. The van der Waals surface area contributed by atoms with Gasteiger partial charge < -0.3 is 5.32 Å². The molecule has 1 saturated carbocycles. The zero-order valence-corrected chi connectivity index (χ0v) is 16.7. The first-order chi connectivity index (χ1) is 12.8. The Bertz CT molecular complexity index is 919. The Labute approximate surface area is 160 Å². The largest absolute Gasteiger partial charge is 0.333 e. The van der Waals surface area contributed by atoms with Crippen molar-refractivity contribution in [2.24, 2.45) is 7.05 Å². The molecule has 8 heteroatoms. The molecule has 0 atom stereocenters. The van der Waals surface area contributed by atoms with Gasteiger partial charge in [0, 0.05) is 24.5 Å². The van der Waals surface area contributed by atoms with Crippen LogP contribution in [-0.4, -0.2) is 24.2 Å². The molecule has 2 aliphatic carbocycles. The molecule has 0 aliphatic heterocycles. The van der Waals surface area contributed by atoms with E-state index in [2.05, 4.69) is 27.8 Å². The lowest BCUT2D eigenvalue weighted by Gasteiger charge is -2.16. The second-order valence-electron chi connectivity index (χ2n) is 7.09. The van der Waals surface area contributed by atoms with E-state index in [4.69, 9.17) is 0 Å². The predicted octanol–water partition coefficient (Wildman–Crippen LogP) is 3.21. The van der Waals surface area contributed by atoms with Crippen LogP contribution in [0.3, 0.4) is 0 Å². The minimum absolute atomic E-state index is 0.176. The second kappa shape index (κ2) is 7.72. The highest BCUT2D eigenvalue weighted by atomic mass is 32.2. The van der Waals surface area contributed by atoms with E-state index < -0.39 is 16.1 Å². The molecule has 0 radical (unpaired) electrons. The zero-order valence-electron chi connectivity index (χ0n) is 15.8. The van der Waals surface area contributed by atoms with E-state index in [1.54, 1.807) is 14.0 Å². The summed E-state index contributed by atoms with van der Waals surface area (Å²) in [5.74, 6) is 0. The van der Waals surface area contributed by atoms with Crippen molar-refractivity contribution in [2.45, 2.75) is 56.9 Å². The Balaban J connectivity index is 1.82. The number of amides is 2. The van der Waals surface area contributed by atoms with Gasteiger partial charge in [0.05, 0.1) is 0 Å². The number of carbonyl (C=O) groups is 1. The van der Waals surface area contributed by atoms with Crippen molar-refractivity contribution in [3.8, 4) is 0 Å². The zero-order chi connectivity index (χ0) is 19.6. The molecule has 0 spiro atoms. The van der Waals surface area contributed by atoms with Crippen LogP contribution < -0.4 is 10.0 Å². The van der Waals surface area contributed by atoms with Gasteiger partial charge in [0.2, 0.25) is 0 Å². The van der Waals surface area contributed by atoms with Crippen molar-refractivity contribution in [1.82, 2.24) is 19.8 Å². The van der Waals surface area contributed by atoms with Crippen LogP contribution >= 0.6 is 0 Å². The number of allylic oxidation sites excluding steroid dienone is 4. The molecule has 27 heavy (non-hydrogen) atoms. The van der Waals surface area contributed by atoms with Crippen molar-refractivity contribution in [1.29, 1.82) is 0 Å². The molecular formula is C19H26N4O3S. The molecule has 1 heterocycles. The van der Waals surface area contributed by atoms with Gasteiger partial charge in [-0.2, -0.15) is 13.5 Å². The fraction of sp³-hybridized carbons (Fsp3) is 0.474. The van der Waals surface area contributed by atoms with Crippen molar-refractivity contribution in [2.75, 3.05) is 0 Å². The lowest BCUT2D eigenvalue weighted by atomic mass is 10.0. The molecule has 1 aromatic heterocycles. The average molecular weight is 391 g/mol. The Morgan fingerprint density at radius 3 is 2.70 bits per heavy atom. The molecule has 146 valence electrons. The van der Waals surface area contributed by atoms with Crippen LogP contribution in [0.2, 0.25) is 0 Å². The SMILES string of the molecule is C=C1CCCC/C=C2/CCC/C2=C/1NC(=O)NS(=O)(=O)c1cc(C)n(C)n1. The van der Waals surface area contributed by atoms with Gasteiger partial charge in [0.15, 0.2) is 5.03 Å². The number of hydrogen-bond acceptors (Lipinski definition) is 4. The van der Waals surface area contributed by atoms with Gasteiger partial charge in [-0.05, 0) is 68.6 Å². The molecule has 0 unspecified atom stereocenters. The van der Waals surface area contributed by atoms with Crippen LogP contribution in [0.4, 0.5) is 4.79 Å². The molecule has 2 aliphatic rings. The standard InChI is InChI=1S/C19H26N4O3S/c1-13-8-5-4-6-9-15-10-7-11-16(15)18(13)20-19(24)22-27(25,26)17-12-14(2)23(3)21-17/h9,12H,1,4-8,10-11H2,2-3H3,(H2,20,22,24)/b15-9-,18-16+. The van der Waals surface area contributed by atoms with Crippen molar-refractivity contribution >= 4 is 16.1 Å². The van der Waals surface area contributed by atoms with Crippen LogP contribution in [0.15, 0.2) is 46.2 Å². The second-order valence-corrected chi connectivity index (χ2v) is 8.72. The Morgan fingerprint density at radius 1 is 1.22 bits per heavy atom. The quantitative estimate of drug-likeness (QED) is 0.829. The number of hydrogen-bond donors (Lipinski definition) is 2. The third kappa shape index (κ3) is 4.32. The average Bonchev–Trinajstić information content (AvgIpc) is 3.19. The smallest absolute Gasteiger partial charge is 0.307 e. The maximum absolute atomic E-state index is 12.5. The third-order valence-electron chi connectivity index (χ3n) is 5.07. The summed E-state index contributed by atoms with van der Waals surface area (Å²) in [5.41, 5.74) is 4.54. The van der Waals surface area contributed by atoms with Crippen LogP contribution in [0.5, 0.6) is 0 Å². The highest BCUT2D eigenvalue weighted by Crippen LogP contribution is 2.36. The summed E-state index contributed by atoms with van der Waals surface area (Å²) in [5, 5.41) is 6.52. The fourth-order valence-electron chi connectivity index (χ4n) is 3.51. The minimum Gasteiger partial charge on any atom is -0.307 e. The van der Waals surface area contributed by atoms with Crippen LogP contribution in [-0.2, 0) is 17.1 Å². The number of urea groups is 1.